The summed E-state index contributed by atoms with van der Waals surface area (Å²) in [6.07, 6.45) is 0. The van der Waals surface area contributed by atoms with Gasteiger partial charge in [-0.15, -0.1) is 11.3 Å². The second-order valence-electron chi connectivity index (χ2n) is 4.24. The van der Waals surface area contributed by atoms with Crippen LogP contribution in [-0.4, -0.2) is 30.1 Å². The highest BCUT2D eigenvalue weighted by molar-refractivity contribution is 7.16. The van der Waals surface area contributed by atoms with Crippen LogP contribution in [0.2, 0.25) is 4.34 Å². The quantitative estimate of drug-likeness (QED) is 0.826. The van der Waals surface area contributed by atoms with Crippen LogP contribution in [0.15, 0.2) is 12.1 Å². The van der Waals surface area contributed by atoms with Crippen LogP contribution in [0.4, 0.5) is 0 Å². The molecule has 96 valence electrons. The molecule has 0 unspecified atom stereocenters. The van der Waals surface area contributed by atoms with Gasteiger partial charge in [-0.3, -0.25) is 4.79 Å². The Labute approximate surface area is 111 Å². The third-order valence-corrected chi connectivity index (χ3v) is 3.89. The molecular formula is C12H18ClNO2S. The Morgan fingerprint density at radius 1 is 1.53 bits per heavy atom. The zero-order valence-electron chi connectivity index (χ0n) is 10.6. The molecule has 17 heavy (non-hydrogen) atoms. The fourth-order valence-corrected chi connectivity index (χ4v) is 2.52. The number of methoxy groups -OCH3 is 1. The highest BCUT2D eigenvalue weighted by atomic mass is 35.5. The summed E-state index contributed by atoms with van der Waals surface area (Å²) in [6, 6.07) is 3.80. The van der Waals surface area contributed by atoms with Crippen LogP contribution >= 0.6 is 22.9 Å². The van der Waals surface area contributed by atoms with Crippen LogP contribution in [0.5, 0.6) is 0 Å². The lowest BCUT2D eigenvalue weighted by molar-refractivity contribution is -0.151. The van der Waals surface area contributed by atoms with Crippen LogP contribution in [-0.2, 0) is 16.1 Å². The Morgan fingerprint density at radius 2 is 2.18 bits per heavy atom. The van der Waals surface area contributed by atoms with E-state index in [0.717, 1.165) is 9.21 Å². The van der Waals surface area contributed by atoms with Crippen molar-refractivity contribution in [2.45, 2.75) is 32.9 Å². The van der Waals surface area contributed by atoms with Crippen molar-refractivity contribution in [3.05, 3.63) is 21.3 Å². The number of rotatable bonds is 5. The minimum atomic E-state index is -0.781. The van der Waals surface area contributed by atoms with Crippen LogP contribution in [0.25, 0.3) is 0 Å². The number of ether oxygens (including phenoxy) is 1. The molecule has 0 spiro atoms. The van der Waals surface area contributed by atoms with Crippen molar-refractivity contribution in [1.82, 2.24) is 4.90 Å². The average molecular weight is 276 g/mol. The molecule has 1 heterocycles. The molecule has 0 aliphatic carbocycles. The smallest absolute Gasteiger partial charge is 0.254 e. The Kier molecular flexibility index (Phi) is 4.98. The fourth-order valence-electron chi connectivity index (χ4n) is 1.42. The van der Waals surface area contributed by atoms with Crippen molar-refractivity contribution in [3.8, 4) is 0 Å². The normalized spacial score (nSPS) is 11.6. The first-order valence-corrected chi connectivity index (χ1v) is 6.69. The molecule has 0 bridgehead atoms. The molecule has 0 aromatic carbocycles. The summed E-state index contributed by atoms with van der Waals surface area (Å²) in [4.78, 5) is 15.1. The molecule has 0 atom stereocenters. The highest BCUT2D eigenvalue weighted by Gasteiger charge is 2.31. The first-order valence-electron chi connectivity index (χ1n) is 5.49. The van der Waals surface area contributed by atoms with Crippen LogP contribution < -0.4 is 0 Å². The third kappa shape index (κ3) is 3.69. The number of amides is 1. The molecule has 0 radical (unpaired) electrons. The van der Waals surface area contributed by atoms with E-state index in [0.29, 0.717) is 13.1 Å². The third-order valence-electron chi connectivity index (χ3n) is 2.67. The lowest BCUT2D eigenvalue weighted by atomic mass is 10.1. The molecule has 0 saturated carbocycles. The Bertz CT molecular complexity index is 390. The standard InChI is InChI=1S/C12H18ClNO2S/c1-5-14(11(15)12(2,3)16-4)8-9-6-7-10(13)17-9/h6-7H,5,8H2,1-4H3. The predicted molar refractivity (Wildman–Crippen MR) is 71.5 cm³/mol. The number of thiophene rings is 1. The summed E-state index contributed by atoms with van der Waals surface area (Å²) in [5, 5.41) is 0. The van der Waals surface area contributed by atoms with Gasteiger partial charge in [0.2, 0.25) is 0 Å². The van der Waals surface area contributed by atoms with Crippen molar-refractivity contribution in [3.63, 3.8) is 0 Å². The van der Waals surface area contributed by atoms with Crippen LogP contribution in [0.1, 0.15) is 25.6 Å². The SMILES string of the molecule is CCN(Cc1ccc(Cl)s1)C(=O)C(C)(C)OC. The molecule has 1 aromatic rings. The summed E-state index contributed by atoms with van der Waals surface area (Å²) in [5.41, 5.74) is -0.781. The fraction of sp³-hybridized carbons (Fsp3) is 0.583. The van der Waals surface area contributed by atoms with Crippen molar-refractivity contribution < 1.29 is 9.53 Å². The summed E-state index contributed by atoms with van der Waals surface area (Å²) in [5.74, 6) is -0.00739. The molecule has 1 amide bonds. The zero-order chi connectivity index (χ0) is 13.1. The van der Waals surface area contributed by atoms with E-state index in [4.69, 9.17) is 16.3 Å². The number of hydrogen-bond acceptors (Lipinski definition) is 3. The molecule has 5 heteroatoms. The summed E-state index contributed by atoms with van der Waals surface area (Å²) in [6.45, 7) is 6.75. The van der Waals surface area contributed by atoms with E-state index in [1.165, 1.54) is 11.3 Å². The lowest BCUT2D eigenvalue weighted by Crippen LogP contribution is -2.45. The van der Waals surface area contributed by atoms with Crippen LogP contribution in [0.3, 0.4) is 0 Å². The van der Waals surface area contributed by atoms with E-state index in [2.05, 4.69) is 0 Å². The van der Waals surface area contributed by atoms with Gasteiger partial charge in [-0.25, -0.2) is 0 Å². The van der Waals surface area contributed by atoms with E-state index in [-0.39, 0.29) is 5.91 Å². The number of likely N-dealkylation sites (N-methyl/N-ethyl adjacent to an activating group) is 1. The number of halogens is 1. The molecule has 3 nitrogen and oxygen atoms in total. The van der Waals surface area contributed by atoms with Crippen molar-refractivity contribution >= 4 is 28.8 Å². The number of carbonyl (C=O) groups is 1. The van der Waals surface area contributed by atoms with Gasteiger partial charge in [0.25, 0.3) is 5.91 Å². The minimum absolute atomic E-state index is 0.00739. The second-order valence-corrected chi connectivity index (χ2v) is 6.04. The molecule has 0 aliphatic rings. The van der Waals surface area contributed by atoms with Gasteiger partial charge in [0.05, 0.1) is 10.9 Å². The molecule has 1 rings (SSSR count). The monoisotopic (exact) mass is 275 g/mol. The van der Waals surface area contributed by atoms with Crippen molar-refractivity contribution in [1.29, 1.82) is 0 Å². The first kappa shape index (κ1) is 14.5. The molecule has 0 aliphatic heterocycles. The first-order chi connectivity index (χ1) is 7.90. The maximum Gasteiger partial charge on any atom is 0.254 e. The van der Waals surface area contributed by atoms with Gasteiger partial charge in [0.1, 0.15) is 5.60 Å². The van der Waals surface area contributed by atoms with Gasteiger partial charge < -0.3 is 9.64 Å². The van der Waals surface area contributed by atoms with E-state index in [9.17, 15) is 4.79 Å². The van der Waals surface area contributed by atoms with Crippen molar-refractivity contribution in [2.24, 2.45) is 0 Å². The second kappa shape index (κ2) is 5.85. The van der Waals surface area contributed by atoms with E-state index in [1.807, 2.05) is 19.1 Å². The average Bonchev–Trinajstić information content (AvgIpc) is 2.70. The molecule has 0 N–H and O–H groups in total. The minimum Gasteiger partial charge on any atom is -0.369 e. The Balaban J connectivity index is 2.75. The van der Waals surface area contributed by atoms with Gasteiger partial charge in [0.15, 0.2) is 0 Å². The van der Waals surface area contributed by atoms with E-state index >= 15 is 0 Å². The number of carbonyl (C=O) groups excluding carboxylic acids is 1. The zero-order valence-corrected chi connectivity index (χ0v) is 12.2. The highest BCUT2D eigenvalue weighted by Crippen LogP contribution is 2.24. The predicted octanol–water partition coefficient (Wildman–Crippen LogP) is 3.18. The van der Waals surface area contributed by atoms with Gasteiger partial charge in [-0.05, 0) is 32.9 Å². The molecular weight excluding hydrogens is 258 g/mol. The number of hydrogen-bond donors (Lipinski definition) is 0. The van der Waals surface area contributed by atoms with Crippen molar-refractivity contribution in [2.75, 3.05) is 13.7 Å². The number of nitrogens with zero attached hydrogens (tertiary/aromatic N) is 1. The molecule has 1 aromatic heterocycles. The maximum atomic E-state index is 12.2. The van der Waals surface area contributed by atoms with E-state index < -0.39 is 5.60 Å². The van der Waals surface area contributed by atoms with Crippen LogP contribution in [0, 0.1) is 0 Å². The van der Waals surface area contributed by atoms with Gasteiger partial charge >= 0.3 is 0 Å². The summed E-state index contributed by atoms with van der Waals surface area (Å²) in [7, 11) is 1.55. The summed E-state index contributed by atoms with van der Waals surface area (Å²) >= 11 is 7.37. The lowest BCUT2D eigenvalue weighted by Gasteiger charge is -2.29. The Hall–Kier alpha value is -0.580. The molecule has 0 saturated heterocycles. The van der Waals surface area contributed by atoms with E-state index in [1.54, 1.807) is 25.9 Å². The Morgan fingerprint density at radius 3 is 2.59 bits per heavy atom. The maximum absolute atomic E-state index is 12.2. The van der Waals surface area contributed by atoms with Gasteiger partial charge in [-0.2, -0.15) is 0 Å². The topological polar surface area (TPSA) is 29.5 Å². The van der Waals surface area contributed by atoms with Gasteiger partial charge in [0, 0.05) is 18.5 Å². The largest absolute Gasteiger partial charge is 0.369 e. The molecule has 0 fully saturated rings. The summed E-state index contributed by atoms with van der Waals surface area (Å²) < 4.78 is 5.96. The van der Waals surface area contributed by atoms with Gasteiger partial charge in [-0.1, -0.05) is 11.6 Å².